The van der Waals surface area contributed by atoms with E-state index in [0.29, 0.717) is 48.2 Å². The summed E-state index contributed by atoms with van der Waals surface area (Å²) >= 11 is 0.965. The molecule has 3 aromatic carbocycles. The van der Waals surface area contributed by atoms with Gasteiger partial charge in [-0.25, -0.2) is 0 Å². The molecule has 3 saturated heterocycles. The van der Waals surface area contributed by atoms with Gasteiger partial charge in [-0.05, 0) is 71.5 Å². The van der Waals surface area contributed by atoms with E-state index in [1.165, 1.54) is 21.9 Å². The number of alkyl halides is 2. The van der Waals surface area contributed by atoms with Crippen LogP contribution >= 0.6 is 18.9 Å². The van der Waals surface area contributed by atoms with Gasteiger partial charge in [0, 0.05) is 66.9 Å². The Morgan fingerprint density at radius 3 is 2.51 bits per heavy atom. The van der Waals surface area contributed by atoms with E-state index in [-0.39, 0.29) is 79.6 Å². The van der Waals surface area contributed by atoms with E-state index in [1.54, 1.807) is 37.8 Å². The summed E-state index contributed by atoms with van der Waals surface area (Å²) < 4.78 is 53.5. The fraction of sp³-hybridized carbons (Fsp3) is 0.440. The highest BCUT2D eigenvalue weighted by molar-refractivity contribution is 7.52. The number of likely N-dealkylation sites (tertiary alicyclic amines) is 1. The Kier molecular flexibility index (Phi) is 14.8. The zero-order valence-electron chi connectivity index (χ0n) is 38.8. The molecule has 5 atom stereocenters. The number of unbranched alkanes of at least 4 members (excludes halogenated alkanes) is 2. The molecule has 1 aromatic heterocycles. The SMILES string of the molecule is CC(C)(C)[C@H](NC(=O)c1cc2cc(C(F)(F)P(=O)(O)O)ccc2s1)C(=O)N1C[C@@H](OCCCCC#Cc2cccc3c2CN(C2CCC(=O)NC2=O)C3=O)C[C@H]1C(=O)N1CCOC(c2ccccc2)C1. The number of morpholine rings is 1. The van der Waals surface area contributed by atoms with Gasteiger partial charge in [0.15, 0.2) is 0 Å². The number of halogens is 2. The standard InChI is InChI=1S/C50H54F2N5O11PS/c1-49(2,3)43(54-45(60)41-25-32-24-33(17-19-40(32)70-41)50(51,52)69(64,65)66)48(63)56-27-34(26-38(56)47(62)55-21-23-68-39(29-55)31-13-8-6-9-14-31)67-22-10-5-4-7-12-30-15-11-16-35-36(30)28-57(46(35)61)37-18-20-42(58)53-44(37)59/h6,8-9,11,13-17,19,24-25,34,37-39,43H,4-5,10,18,20-23,26-29H2,1-3H3,(H,54,60)(H,53,58,59)(H2,64,65,66)/t34-,37?,38-,39?,43+/m0/s1. The molecule has 20 heteroatoms. The van der Waals surface area contributed by atoms with Gasteiger partial charge in [-0.15, -0.1) is 11.3 Å². The second kappa shape index (κ2) is 20.5. The van der Waals surface area contributed by atoms with Crippen molar-refractivity contribution in [3.05, 3.63) is 105 Å². The van der Waals surface area contributed by atoms with Crippen molar-refractivity contribution >= 4 is 64.5 Å². The van der Waals surface area contributed by atoms with Crippen LogP contribution in [0.1, 0.15) is 108 Å². The van der Waals surface area contributed by atoms with Gasteiger partial charge in [-0.3, -0.25) is 38.6 Å². The number of hydrogen-bond donors (Lipinski definition) is 4. The maximum Gasteiger partial charge on any atom is 0.399 e. The lowest BCUT2D eigenvalue weighted by molar-refractivity contribution is -0.150. The molecule has 6 amide bonds. The number of ether oxygens (including phenoxy) is 2. The summed E-state index contributed by atoms with van der Waals surface area (Å²) in [5.74, 6) is 3.81. The van der Waals surface area contributed by atoms with E-state index in [1.807, 2.05) is 36.4 Å². The van der Waals surface area contributed by atoms with Crippen LogP contribution in [-0.4, -0.2) is 117 Å². The monoisotopic (exact) mass is 1000 g/mol. The fourth-order valence-electron chi connectivity index (χ4n) is 9.28. The van der Waals surface area contributed by atoms with Crippen LogP contribution in [0.2, 0.25) is 0 Å². The molecule has 2 unspecified atom stereocenters. The summed E-state index contributed by atoms with van der Waals surface area (Å²) in [6.07, 6.45) is 1.52. The maximum atomic E-state index is 14.8. The number of benzene rings is 3. The molecule has 0 radical (unpaired) electrons. The van der Waals surface area contributed by atoms with E-state index in [2.05, 4.69) is 22.5 Å². The lowest BCUT2D eigenvalue weighted by atomic mass is 9.85. The third-order valence-electron chi connectivity index (χ3n) is 13.1. The molecule has 4 aromatic rings. The van der Waals surface area contributed by atoms with Crippen LogP contribution in [0.3, 0.4) is 0 Å². The topological polar surface area (TPSA) is 212 Å². The van der Waals surface area contributed by atoms with Crippen LogP contribution in [0.5, 0.6) is 0 Å². The molecule has 4 N–H and O–H groups in total. The van der Waals surface area contributed by atoms with Crippen LogP contribution in [0.15, 0.2) is 72.8 Å². The first kappa shape index (κ1) is 50.5. The molecule has 0 spiro atoms. The predicted octanol–water partition coefficient (Wildman–Crippen LogP) is 5.84. The molecule has 370 valence electrons. The Hall–Kier alpha value is -5.87. The molecule has 3 fully saturated rings. The number of carbonyl (C=O) groups is 6. The number of thiophene rings is 1. The van der Waals surface area contributed by atoms with Crippen LogP contribution in [0, 0.1) is 17.3 Å². The molecule has 5 heterocycles. The minimum Gasteiger partial charge on any atom is -0.376 e. The number of amides is 6. The highest BCUT2D eigenvalue weighted by atomic mass is 32.1. The third-order valence-corrected chi connectivity index (χ3v) is 15.2. The van der Waals surface area contributed by atoms with Gasteiger partial charge in [0.1, 0.15) is 24.2 Å². The summed E-state index contributed by atoms with van der Waals surface area (Å²) in [4.78, 5) is 104. The van der Waals surface area contributed by atoms with Crippen LogP contribution < -0.4 is 10.6 Å². The largest absolute Gasteiger partial charge is 0.399 e. The summed E-state index contributed by atoms with van der Waals surface area (Å²) in [6, 6.07) is 16.4. The molecular formula is C50H54F2N5O11PS. The number of rotatable bonds is 13. The van der Waals surface area contributed by atoms with Gasteiger partial charge in [-0.2, -0.15) is 8.78 Å². The second-order valence-electron chi connectivity index (χ2n) is 19.0. The van der Waals surface area contributed by atoms with Crippen molar-refractivity contribution in [3.8, 4) is 11.8 Å². The van der Waals surface area contributed by atoms with E-state index in [9.17, 15) is 51.9 Å². The summed E-state index contributed by atoms with van der Waals surface area (Å²) in [5.41, 5.74) is -3.40. The van der Waals surface area contributed by atoms with Crippen LogP contribution in [0.25, 0.3) is 10.1 Å². The lowest BCUT2D eigenvalue weighted by Gasteiger charge is -2.38. The van der Waals surface area contributed by atoms with Gasteiger partial charge >= 0.3 is 13.3 Å². The molecule has 4 aliphatic heterocycles. The predicted molar refractivity (Wildman–Crippen MR) is 253 cm³/mol. The van der Waals surface area contributed by atoms with Crippen molar-refractivity contribution in [2.75, 3.05) is 32.8 Å². The number of fused-ring (bicyclic) bond motifs is 2. The normalized spacial score (nSPS) is 21.3. The molecule has 4 aliphatic rings. The number of hydrogen-bond acceptors (Lipinski definition) is 10. The van der Waals surface area contributed by atoms with Crippen molar-refractivity contribution in [2.45, 2.75) is 102 Å². The minimum atomic E-state index is -5.84. The van der Waals surface area contributed by atoms with Crippen LogP contribution in [0.4, 0.5) is 8.78 Å². The molecule has 70 heavy (non-hydrogen) atoms. The summed E-state index contributed by atoms with van der Waals surface area (Å²) in [7, 11) is -5.84. The maximum absolute atomic E-state index is 14.8. The first-order valence-electron chi connectivity index (χ1n) is 23.1. The van der Waals surface area contributed by atoms with Gasteiger partial charge in [0.05, 0.1) is 24.1 Å². The summed E-state index contributed by atoms with van der Waals surface area (Å²) in [5, 5.41) is 5.32. The molecule has 16 nitrogen and oxygen atoms in total. The Morgan fingerprint density at radius 1 is 1.01 bits per heavy atom. The third kappa shape index (κ3) is 10.7. The Bertz CT molecular complexity index is 2820. The van der Waals surface area contributed by atoms with Gasteiger partial charge in [0.2, 0.25) is 23.6 Å². The highest BCUT2D eigenvalue weighted by Crippen LogP contribution is 2.59. The van der Waals surface area contributed by atoms with Crippen molar-refractivity contribution in [1.29, 1.82) is 0 Å². The molecular weight excluding hydrogens is 948 g/mol. The molecule has 8 rings (SSSR count). The van der Waals surface area contributed by atoms with Gasteiger partial charge in [-0.1, -0.05) is 75.1 Å². The van der Waals surface area contributed by atoms with E-state index >= 15 is 0 Å². The smallest absolute Gasteiger partial charge is 0.376 e. The lowest BCUT2D eigenvalue weighted by Crippen LogP contribution is -2.58. The number of piperidine rings is 1. The number of carbonyl (C=O) groups excluding carboxylic acids is 6. The fourth-order valence-corrected chi connectivity index (χ4v) is 10.7. The molecule has 0 bridgehead atoms. The average Bonchev–Trinajstić information content (AvgIpc) is 4.05. The number of nitrogens with one attached hydrogen (secondary N) is 2. The average molecular weight is 1000 g/mol. The number of imide groups is 1. The zero-order chi connectivity index (χ0) is 50.1. The van der Waals surface area contributed by atoms with Crippen molar-refractivity contribution < 1.29 is 61.4 Å². The van der Waals surface area contributed by atoms with E-state index in [4.69, 9.17) is 9.47 Å². The van der Waals surface area contributed by atoms with E-state index < -0.39 is 66.2 Å². The Balaban J connectivity index is 0.934. The quantitative estimate of drug-likeness (QED) is 0.0541. The zero-order valence-corrected chi connectivity index (χ0v) is 40.5. The second-order valence-corrected chi connectivity index (χ2v) is 21.7. The number of nitrogens with zero attached hydrogens (tertiary/aromatic N) is 3. The van der Waals surface area contributed by atoms with Crippen molar-refractivity contribution in [1.82, 2.24) is 25.3 Å². The molecule has 0 aliphatic carbocycles. The van der Waals surface area contributed by atoms with E-state index in [0.717, 1.165) is 34.6 Å². The van der Waals surface area contributed by atoms with Crippen LogP contribution in [-0.2, 0) is 45.4 Å². The van der Waals surface area contributed by atoms with Crippen molar-refractivity contribution in [3.63, 3.8) is 0 Å². The van der Waals surface area contributed by atoms with Gasteiger partial charge < -0.3 is 39.3 Å². The van der Waals surface area contributed by atoms with Crippen molar-refractivity contribution in [2.24, 2.45) is 5.41 Å². The first-order valence-corrected chi connectivity index (χ1v) is 25.6. The Morgan fingerprint density at radius 2 is 1.79 bits per heavy atom. The summed E-state index contributed by atoms with van der Waals surface area (Å²) in [6.45, 7) is 6.77. The minimum absolute atomic E-state index is 0.0665. The highest BCUT2D eigenvalue weighted by Gasteiger charge is 2.51. The molecule has 0 saturated carbocycles. The Labute approximate surface area is 407 Å². The van der Waals surface area contributed by atoms with Gasteiger partial charge in [0.25, 0.3) is 11.8 Å². The first-order chi connectivity index (χ1) is 33.2.